The van der Waals surface area contributed by atoms with Gasteiger partial charge in [-0.25, -0.2) is 4.79 Å². The second-order valence-electron chi connectivity index (χ2n) is 6.63. The lowest BCUT2D eigenvalue weighted by atomic mass is 10.0. The second-order valence-corrected chi connectivity index (χ2v) is 6.63. The SMILES string of the molecule is CCCCCCCCCCCCCCCCC/C=C(\O)C(=O)O. The molecule has 0 atom stereocenters. The number of carboxylic acid groups (broad SMARTS) is 1. The van der Waals surface area contributed by atoms with Crippen LogP contribution in [0.5, 0.6) is 0 Å². The monoisotopic (exact) mass is 326 g/mol. The van der Waals surface area contributed by atoms with Gasteiger partial charge in [-0.2, -0.15) is 0 Å². The Morgan fingerprint density at radius 2 is 1.00 bits per heavy atom. The summed E-state index contributed by atoms with van der Waals surface area (Å²) in [5, 5.41) is 17.5. The molecule has 23 heavy (non-hydrogen) atoms. The van der Waals surface area contributed by atoms with Crippen LogP contribution >= 0.6 is 0 Å². The van der Waals surface area contributed by atoms with Crippen LogP contribution < -0.4 is 0 Å². The lowest BCUT2D eigenvalue weighted by Crippen LogP contribution is -1.98. The van der Waals surface area contributed by atoms with Gasteiger partial charge in [0.2, 0.25) is 0 Å². The van der Waals surface area contributed by atoms with Crippen LogP contribution in [0.3, 0.4) is 0 Å². The molecule has 0 aromatic rings. The number of carboxylic acids is 1. The van der Waals surface area contributed by atoms with Crippen molar-refractivity contribution in [3.63, 3.8) is 0 Å². The zero-order chi connectivity index (χ0) is 17.2. The van der Waals surface area contributed by atoms with Crippen molar-refractivity contribution in [2.45, 2.75) is 110 Å². The van der Waals surface area contributed by atoms with E-state index in [0.29, 0.717) is 6.42 Å². The van der Waals surface area contributed by atoms with Crippen LogP contribution in [0.15, 0.2) is 11.8 Å². The first-order chi connectivity index (χ1) is 11.2. The van der Waals surface area contributed by atoms with E-state index in [4.69, 9.17) is 10.2 Å². The zero-order valence-corrected chi connectivity index (χ0v) is 15.2. The zero-order valence-electron chi connectivity index (χ0n) is 15.2. The van der Waals surface area contributed by atoms with E-state index < -0.39 is 11.7 Å². The van der Waals surface area contributed by atoms with Gasteiger partial charge in [-0.15, -0.1) is 0 Å². The van der Waals surface area contributed by atoms with Gasteiger partial charge in [0.05, 0.1) is 0 Å². The maximum absolute atomic E-state index is 10.4. The molecule has 0 aliphatic rings. The molecule has 0 heterocycles. The molecular formula is C20H38O3. The predicted molar refractivity (Wildman–Crippen MR) is 97.9 cm³/mol. The van der Waals surface area contributed by atoms with Gasteiger partial charge in [0.1, 0.15) is 0 Å². The number of aliphatic carboxylic acids is 1. The van der Waals surface area contributed by atoms with E-state index in [1.54, 1.807) is 0 Å². The second kappa shape index (κ2) is 17.4. The Morgan fingerprint density at radius 3 is 1.35 bits per heavy atom. The highest BCUT2D eigenvalue weighted by molar-refractivity contribution is 5.83. The van der Waals surface area contributed by atoms with Crippen molar-refractivity contribution in [2.75, 3.05) is 0 Å². The van der Waals surface area contributed by atoms with Crippen LogP contribution in [0.4, 0.5) is 0 Å². The number of hydrogen-bond donors (Lipinski definition) is 2. The highest BCUT2D eigenvalue weighted by atomic mass is 16.4. The number of allylic oxidation sites excluding steroid dienone is 1. The third-order valence-corrected chi connectivity index (χ3v) is 4.36. The van der Waals surface area contributed by atoms with Crippen molar-refractivity contribution < 1.29 is 15.0 Å². The Hall–Kier alpha value is -0.990. The molecule has 3 nitrogen and oxygen atoms in total. The molecule has 0 bridgehead atoms. The quantitative estimate of drug-likeness (QED) is 0.176. The van der Waals surface area contributed by atoms with E-state index in [2.05, 4.69) is 6.92 Å². The molecule has 0 aromatic carbocycles. The predicted octanol–water partition coefficient (Wildman–Crippen LogP) is 6.77. The minimum atomic E-state index is -1.23. The largest absolute Gasteiger partial charge is 0.502 e. The van der Waals surface area contributed by atoms with Crippen LogP contribution in [0.25, 0.3) is 0 Å². The average molecular weight is 327 g/mol. The molecule has 0 spiro atoms. The van der Waals surface area contributed by atoms with E-state index in [1.807, 2.05) is 0 Å². The van der Waals surface area contributed by atoms with Gasteiger partial charge in [-0.1, -0.05) is 96.8 Å². The average Bonchev–Trinajstić information content (AvgIpc) is 2.54. The molecule has 136 valence electrons. The molecule has 0 fully saturated rings. The van der Waals surface area contributed by atoms with Crippen molar-refractivity contribution in [2.24, 2.45) is 0 Å². The van der Waals surface area contributed by atoms with Crippen molar-refractivity contribution >= 4 is 5.97 Å². The van der Waals surface area contributed by atoms with Gasteiger partial charge in [-0.3, -0.25) is 0 Å². The summed E-state index contributed by atoms with van der Waals surface area (Å²) in [4.78, 5) is 10.4. The number of unbranched alkanes of at least 4 members (excludes halogenated alkanes) is 15. The Morgan fingerprint density at radius 1 is 0.652 bits per heavy atom. The number of aliphatic hydroxyl groups is 1. The summed E-state index contributed by atoms with van der Waals surface area (Å²) in [7, 11) is 0. The fourth-order valence-electron chi connectivity index (χ4n) is 2.84. The minimum Gasteiger partial charge on any atom is -0.502 e. The maximum Gasteiger partial charge on any atom is 0.370 e. The van der Waals surface area contributed by atoms with E-state index in [9.17, 15) is 4.79 Å². The van der Waals surface area contributed by atoms with Crippen LogP contribution in [0.1, 0.15) is 110 Å². The lowest BCUT2D eigenvalue weighted by molar-refractivity contribution is -0.135. The van der Waals surface area contributed by atoms with Gasteiger partial charge < -0.3 is 10.2 Å². The summed E-state index contributed by atoms with van der Waals surface area (Å²) in [5.41, 5.74) is 0. The molecular weight excluding hydrogens is 288 g/mol. The highest BCUT2D eigenvalue weighted by Crippen LogP contribution is 2.13. The first kappa shape index (κ1) is 22.0. The van der Waals surface area contributed by atoms with E-state index >= 15 is 0 Å². The molecule has 0 rings (SSSR count). The van der Waals surface area contributed by atoms with Gasteiger partial charge in [0.25, 0.3) is 0 Å². The molecule has 0 unspecified atom stereocenters. The molecule has 0 saturated heterocycles. The van der Waals surface area contributed by atoms with Gasteiger partial charge in [0, 0.05) is 0 Å². The van der Waals surface area contributed by atoms with Crippen molar-refractivity contribution in [3.05, 3.63) is 11.8 Å². The van der Waals surface area contributed by atoms with Crippen LogP contribution in [-0.2, 0) is 4.79 Å². The summed E-state index contributed by atoms with van der Waals surface area (Å²) >= 11 is 0. The smallest absolute Gasteiger partial charge is 0.370 e. The summed E-state index contributed by atoms with van der Waals surface area (Å²) < 4.78 is 0. The number of carbonyl (C=O) groups is 1. The Bertz CT molecular complexity index is 297. The van der Waals surface area contributed by atoms with Gasteiger partial charge in [0.15, 0.2) is 5.76 Å². The Labute approximate surface area is 143 Å². The molecule has 2 N–H and O–H groups in total. The third-order valence-electron chi connectivity index (χ3n) is 4.36. The van der Waals surface area contributed by atoms with E-state index in [0.717, 1.165) is 12.8 Å². The fourth-order valence-corrected chi connectivity index (χ4v) is 2.84. The van der Waals surface area contributed by atoms with Gasteiger partial charge >= 0.3 is 5.97 Å². The lowest BCUT2D eigenvalue weighted by Gasteiger charge is -2.03. The number of hydrogen-bond acceptors (Lipinski definition) is 2. The Balaban J connectivity index is 3.11. The first-order valence-electron chi connectivity index (χ1n) is 9.81. The van der Waals surface area contributed by atoms with Crippen LogP contribution in [0, 0.1) is 0 Å². The fraction of sp³-hybridized carbons (Fsp3) is 0.850. The van der Waals surface area contributed by atoms with Gasteiger partial charge in [-0.05, 0) is 18.9 Å². The molecule has 0 aromatic heterocycles. The van der Waals surface area contributed by atoms with E-state index in [-0.39, 0.29) is 0 Å². The highest BCUT2D eigenvalue weighted by Gasteiger charge is 2.01. The first-order valence-corrected chi connectivity index (χ1v) is 9.81. The maximum atomic E-state index is 10.4. The molecule has 0 aliphatic heterocycles. The number of rotatable bonds is 17. The molecule has 0 aliphatic carbocycles. The topological polar surface area (TPSA) is 57.5 Å². The summed E-state index contributed by atoms with van der Waals surface area (Å²) in [6.45, 7) is 2.27. The normalized spacial score (nSPS) is 11.8. The minimum absolute atomic E-state index is 0.518. The molecule has 0 amide bonds. The molecule has 0 radical (unpaired) electrons. The summed E-state index contributed by atoms with van der Waals surface area (Å²) in [6, 6.07) is 0. The van der Waals surface area contributed by atoms with Crippen molar-refractivity contribution in [3.8, 4) is 0 Å². The third kappa shape index (κ3) is 17.2. The van der Waals surface area contributed by atoms with Crippen molar-refractivity contribution in [1.29, 1.82) is 0 Å². The molecule has 3 heteroatoms. The number of aliphatic hydroxyl groups excluding tert-OH is 1. The Kier molecular flexibility index (Phi) is 16.6. The van der Waals surface area contributed by atoms with E-state index in [1.165, 1.54) is 89.5 Å². The standard InChI is InChI=1S/C20H38O3/c1-2-3-4-5-6-7-8-9-10-11-12-13-14-15-16-17-18-19(21)20(22)23/h18,21H,2-17H2,1H3,(H,22,23)/b19-18-. The van der Waals surface area contributed by atoms with Crippen LogP contribution in [-0.4, -0.2) is 16.2 Å². The summed E-state index contributed by atoms with van der Waals surface area (Å²) in [6.07, 6.45) is 22.0. The summed E-state index contributed by atoms with van der Waals surface area (Å²) in [5.74, 6) is -1.75. The van der Waals surface area contributed by atoms with Crippen molar-refractivity contribution in [1.82, 2.24) is 0 Å². The van der Waals surface area contributed by atoms with Crippen LogP contribution in [0.2, 0.25) is 0 Å². The molecule has 0 saturated carbocycles.